The van der Waals surface area contributed by atoms with E-state index in [0.29, 0.717) is 37.7 Å². The van der Waals surface area contributed by atoms with Crippen molar-refractivity contribution in [3.63, 3.8) is 0 Å². The molecular weight excluding hydrogens is 1330 g/mol. The fourth-order valence-electron chi connectivity index (χ4n) is 19.5. The molecule has 0 amide bonds. The van der Waals surface area contributed by atoms with E-state index in [1.807, 2.05) is 31.2 Å². The summed E-state index contributed by atoms with van der Waals surface area (Å²) in [6, 6.07) is 7.35. The van der Waals surface area contributed by atoms with Crippen molar-refractivity contribution in [1.82, 2.24) is 0 Å². The molecule has 29 nitrogen and oxygen atoms in total. The number of allylic oxidation sites excluding steroid dienone is 2. The van der Waals surface area contributed by atoms with E-state index in [2.05, 4.69) is 46.8 Å². The molecule has 0 aromatic heterocycles. The van der Waals surface area contributed by atoms with Crippen LogP contribution in [-0.2, 0) is 76.1 Å². The van der Waals surface area contributed by atoms with Gasteiger partial charge in [-0.15, -0.1) is 0 Å². The Kier molecular flexibility index (Phi) is 22.5. The van der Waals surface area contributed by atoms with Gasteiger partial charge in [0.25, 0.3) is 0 Å². The first kappa shape index (κ1) is 77.5. The van der Waals surface area contributed by atoms with Gasteiger partial charge in [-0.25, -0.2) is 9.59 Å². The van der Waals surface area contributed by atoms with Gasteiger partial charge in [0, 0.05) is 13.0 Å². The van der Waals surface area contributed by atoms with Crippen LogP contribution in [0.2, 0.25) is 0 Å². The average molecular weight is 1430 g/mol. The standard InChI is InChI=1S/C72H104O29/c1-31-11-13-35(14-12-31)15-18-45(78)97-55-33(3)92-64(60(58(55)93-34(4)75)94-39-25-32(2)46(79)50(83)48(39)81)101-66(90)72-24-23-67(5,6)26-37(72)36-16-17-42-68(7)21-20-44(69(8,30-74)41(68)19-22-70(42,9)71(36,10)27-43(72)77)96-65-59(100-63-53(86)51(84)49(82)40(28-73)95-63)56(54(87)57(99-65)61(88)89)98-62-52(85)47(80)38(76)29-91-62/h11-18,30,32-33,36-44,46-60,62-65,73,76-77,79-87H,19-29H2,1-10H3,(H,88,89)/b18-15-/t32-,33-,36?,37+,38-,39-,40-,41-,42-,43-,44+,46+,47+,48+,49+,50-,51+,52-,53-,54+,55+,56+,57+,58-,59?,60-,62?,63+,64+,65?,68+,69+,70-,71-,72-/m1/s1. The third-order valence-corrected chi connectivity index (χ3v) is 25.6. The predicted octanol–water partition coefficient (Wildman–Crippen LogP) is 0.388. The van der Waals surface area contributed by atoms with Crippen LogP contribution in [-0.4, -0.2) is 263 Å². The molecule has 13 N–H and O–H groups in total. The van der Waals surface area contributed by atoms with E-state index in [4.69, 9.17) is 52.1 Å². The molecule has 1 aromatic carbocycles. The number of aliphatic hydroxyl groups excluding tert-OH is 12. The summed E-state index contributed by atoms with van der Waals surface area (Å²) in [4.78, 5) is 70.2. The highest BCUT2D eigenvalue weighted by Gasteiger charge is 2.74. The highest BCUT2D eigenvalue weighted by atomic mass is 16.8. The number of carboxylic acid groups (broad SMARTS) is 1. The van der Waals surface area contributed by atoms with E-state index in [1.165, 1.54) is 13.0 Å². The summed E-state index contributed by atoms with van der Waals surface area (Å²) in [5.74, 6) is -6.65. The Labute approximate surface area is 585 Å². The van der Waals surface area contributed by atoms with E-state index < -0.39 is 241 Å². The average Bonchev–Trinajstić information content (AvgIpc) is 0.671. The van der Waals surface area contributed by atoms with Crippen molar-refractivity contribution in [2.45, 2.75) is 280 Å². The van der Waals surface area contributed by atoms with Crippen molar-refractivity contribution in [3.8, 4) is 0 Å². The number of hydrogen-bond donors (Lipinski definition) is 13. The minimum Gasteiger partial charge on any atom is -0.479 e. The topological polar surface area (TPSA) is 450 Å². The predicted molar refractivity (Wildman–Crippen MR) is 346 cm³/mol. The number of esters is 3. The van der Waals surface area contributed by atoms with E-state index in [0.717, 1.165) is 18.8 Å². The lowest BCUT2D eigenvalue weighted by Crippen LogP contribution is -2.70. The number of fused-ring (bicyclic) bond motifs is 7. The Bertz CT molecular complexity index is 3200. The van der Waals surface area contributed by atoms with Gasteiger partial charge in [0.15, 0.2) is 43.3 Å². The van der Waals surface area contributed by atoms with Gasteiger partial charge in [-0.1, -0.05) is 90.4 Å². The lowest BCUT2D eigenvalue weighted by molar-refractivity contribution is -0.391. The second-order valence-electron chi connectivity index (χ2n) is 32.3. The SMILES string of the molecule is CC(=O)O[C@@H]1[C@@H](OC(=O)/C=C\c2ccc(C)cc2)[C@@H](C)O[C@@H](OC(=O)[C@]23CCC(C)(C)C[C@H]2C2C=C[C@@H]4[C@@]5(C)CC[C@H](OC6O[C@H](C(=O)O)[C@@H](O)[C@H](OC7OC[C@@H](O)[C@H](O)[C@H]7O)C6O[C@@H]6O[C@H](CO)[C@H](O)[C@H](O)[C@H]6O)[C@@](C)(C=O)[C@@H]5CC[C@@]4(C)[C@]2(C)C[C@H]3O)[C@@H]1O[C@@H]1C[C@@H](C)[C@H](O)[C@@H](O)[C@H]1O. The Morgan fingerprint density at radius 3 is 1.95 bits per heavy atom. The summed E-state index contributed by atoms with van der Waals surface area (Å²) in [6.45, 7) is 17.1. The number of carboxylic acids is 1. The maximum absolute atomic E-state index is 16.0. The van der Waals surface area contributed by atoms with E-state index in [9.17, 15) is 85.6 Å². The normalized spacial score (nSPS) is 49.6. The van der Waals surface area contributed by atoms with E-state index in [-0.39, 0.29) is 37.0 Å². The lowest BCUT2D eigenvalue weighted by Gasteiger charge is -2.72. The molecule has 29 heteroatoms. The van der Waals surface area contributed by atoms with Gasteiger partial charge in [0.1, 0.15) is 79.5 Å². The summed E-state index contributed by atoms with van der Waals surface area (Å²) in [6.07, 6.45) is -32.6. The molecule has 0 radical (unpaired) electrons. The van der Waals surface area contributed by atoms with Crippen LogP contribution in [0.25, 0.3) is 6.08 Å². The van der Waals surface area contributed by atoms with Crippen LogP contribution in [0.5, 0.6) is 0 Å². The largest absolute Gasteiger partial charge is 0.479 e. The Morgan fingerprint density at radius 1 is 0.624 bits per heavy atom. The third-order valence-electron chi connectivity index (χ3n) is 25.6. The summed E-state index contributed by atoms with van der Waals surface area (Å²) in [5, 5.41) is 144. The molecule has 10 aliphatic rings. The minimum atomic E-state index is -2.21. The Morgan fingerprint density at radius 2 is 1.29 bits per heavy atom. The fraction of sp³-hybridized carbons (Fsp3) is 0.792. The van der Waals surface area contributed by atoms with E-state index in [1.54, 1.807) is 19.9 Å². The number of aliphatic carboxylic acids is 1. The third kappa shape index (κ3) is 13.8. The Balaban J connectivity index is 0.893. The molecule has 1 aromatic rings. The van der Waals surface area contributed by atoms with Crippen LogP contribution in [0, 0.1) is 69.0 Å². The first-order valence-corrected chi connectivity index (χ1v) is 35.4. The van der Waals surface area contributed by atoms with Gasteiger partial charge in [0.05, 0.1) is 54.6 Å². The van der Waals surface area contributed by atoms with Gasteiger partial charge in [-0.2, -0.15) is 0 Å². The van der Waals surface area contributed by atoms with Crippen LogP contribution in [0.15, 0.2) is 42.5 Å². The molecule has 9 fully saturated rings. The van der Waals surface area contributed by atoms with E-state index >= 15 is 4.79 Å². The van der Waals surface area contributed by atoms with Crippen LogP contribution in [0.1, 0.15) is 131 Å². The van der Waals surface area contributed by atoms with Crippen molar-refractivity contribution in [2.75, 3.05) is 13.2 Å². The zero-order chi connectivity index (χ0) is 73.7. The van der Waals surface area contributed by atoms with Crippen LogP contribution >= 0.6 is 0 Å². The second kappa shape index (κ2) is 29.3. The van der Waals surface area contributed by atoms with Crippen molar-refractivity contribution in [1.29, 1.82) is 0 Å². The summed E-state index contributed by atoms with van der Waals surface area (Å²) in [5.41, 5.74) is -3.88. The molecule has 5 saturated carbocycles. The first-order valence-electron chi connectivity index (χ1n) is 35.4. The summed E-state index contributed by atoms with van der Waals surface area (Å²) >= 11 is 0. The van der Waals surface area contributed by atoms with Crippen molar-refractivity contribution >= 4 is 36.2 Å². The number of carbonyl (C=O) groups excluding carboxylic acids is 4. The molecule has 0 bridgehead atoms. The zero-order valence-corrected chi connectivity index (χ0v) is 58.6. The first-order chi connectivity index (χ1) is 47.4. The molecule has 566 valence electrons. The highest BCUT2D eigenvalue weighted by molar-refractivity contribution is 5.87. The molecule has 4 aliphatic heterocycles. The van der Waals surface area contributed by atoms with Crippen LogP contribution in [0.4, 0.5) is 0 Å². The van der Waals surface area contributed by atoms with Gasteiger partial charge in [0.2, 0.25) is 6.29 Å². The van der Waals surface area contributed by atoms with Gasteiger partial charge < -0.3 is 123 Å². The molecule has 0 spiro atoms. The Hall–Kier alpha value is -4.55. The molecule has 6 aliphatic carbocycles. The molecule has 35 atom stereocenters. The molecular formula is C72H104O29. The number of hydrogen-bond acceptors (Lipinski definition) is 28. The van der Waals surface area contributed by atoms with Gasteiger partial charge >= 0.3 is 23.9 Å². The minimum absolute atomic E-state index is 0.0256. The maximum Gasteiger partial charge on any atom is 0.335 e. The van der Waals surface area contributed by atoms with Crippen LogP contribution in [0.3, 0.4) is 0 Å². The monoisotopic (exact) mass is 1430 g/mol. The quantitative estimate of drug-likeness (QED) is 0.0250. The van der Waals surface area contributed by atoms with Crippen LogP contribution < -0.4 is 0 Å². The smallest absolute Gasteiger partial charge is 0.335 e. The van der Waals surface area contributed by atoms with Crippen molar-refractivity contribution in [3.05, 3.63) is 53.6 Å². The maximum atomic E-state index is 16.0. The number of aliphatic hydroxyl groups is 12. The number of benzene rings is 1. The highest BCUT2D eigenvalue weighted by Crippen LogP contribution is 2.76. The van der Waals surface area contributed by atoms with Gasteiger partial charge in [-0.05, 0) is 135 Å². The summed E-state index contributed by atoms with van der Waals surface area (Å²) in [7, 11) is 0. The number of carbonyl (C=O) groups is 5. The second-order valence-corrected chi connectivity index (χ2v) is 32.3. The molecule has 4 saturated heterocycles. The number of aryl methyl sites for hydroxylation is 1. The molecule has 11 rings (SSSR count). The van der Waals surface area contributed by atoms with Gasteiger partial charge in [-0.3, -0.25) is 9.59 Å². The lowest BCUT2D eigenvalue weighted by atomic mass is 9.32. The van der Waals surface area contributed by atoms with Crippen molar-refractivity contribution in [2.24, 2.45) is 62.1 Å². The summed E-state index contributed by atoms with van der Waals surface area (Å²) < 4.78 is 68.1. The fourth-order valence-corrected chi connectivity index (χ4v) is 19.5. The zero-order valence-electron chi connectivity index (χ0n) is 58.6. The molecule has 101 heavy (non-hydrogen) atoms. The number of aldehydes is 1. The number of ether oxygens (including phenoxy) is 11. The van der Waals surface area contributed by atoms with Crippen molar-refractivity contribution < 1.29 is 142 Å². The molecule has 4 unspecified atom stereocenters. The molecule has 4 heterocycles. The number of rotatable bonds is 17.